The zero-order valence-corrected chi connectivity index (χ0v) is 11.7. The lowest BCUT2D eigenvalue weighted by Crippen LogP contribution is -2.03. The van der Waals surface area contributed by atoms with Crippen LogP contribution in [0.4, 0.5) is 4.39 Å². The van der Waals surface area contributed by atoms with Gasteiger partial charge in [-0.25, -0.2) is 4.39 Å². The Balaban J connectivity index is 2.54. The van der Waals surface area contributed by atoms with Crippen LogP contribution in [0.25, 0.3) is 0 Å². The number of rotatable bonds is 2. The SMILES string of the molecule is O=C(c1cc(F)ccc1O)c1[nH]c(Cl)c(Cl)c1Br. The molecule has 0 saturated carbocycles. The fraction of sp³-hybridized carbons (Fsp3) is 0. The first kappa shape index (κ1) is 13.4. The molecular weight excluding hydrogens is 348 g/mol. The van der Waals surface area contributed by atoms with Gasteiger partial charge in [0.2, 0.25) is 5.78 Å². The molecule has 0 fully saturated rings. The molecule has 7 heteroatoms. The average Bonchev–Trinajstić information content (AvgIpc) is 2.59. The second kappa shape index (κ2) is 4.91. The Morgan fingerprint density at radius 2 is 2.06 bits per heavy atom. The second-order valence-electron chi connectivity index (χ2n) is 3.43. The lowest BCUT2D eigenvalue weighted by Gasteiger charge is -2.03. The summed E-state index contributed by atoms with van der Waals surface area (Å²) in [6.45, 7) is 0. The molecule has 0 aliphatic heterocycles. The van der Waals surface area contributed by atoms with Gasteiger partial charge in [0.15, 0.2) is 0 Å². The summed E-state index contributed by atoms with van der Waals surface area (Å²) in [7, 11) is 0. The maximum absolute atomic E-state index is 13.1. The number of aromatic hydroxyl groups is 1. The van der Waals surface area contributed by atoms with Crippen LogP contribution in [0, 0.1) is 5.82 Å². The zero-order valence-electron chi connectivity index (χ0n) is 8.60. The summed E-state index contributed by atoms with van der Waals surface area (Å²) in [4.78, 5) is 14.7. The first-order valence-electron chi connectivity index (χ1n) is 4.67. The molecular formula is C11H5BrCl2FNO2. The van der Waals surface area contributed by atoms with E-state index in [1.807, 2.05) is 0 Å². The smallest absolute Gasteiger partial charge is 0.214 e. The Kier molecular flexibility index (Phi) is 3.66. The van der Waals surface area contributed by atoms with Crippen LogP contribution >= 0.6 is 39.1 Å². The number of ketones is 1. The molecule has 1 aromatic heterocycles. The van der Waals surface area contributed by atoms with Crippen molar-refractivity contribution in [1.29, 1.82) is 0 Å². The van der Waals surface area contributed by atoms with Crippen molar-refractivity contribution in [3.63, 3.8) is 0 Å². The van der Waals surface area contributed by atoms with Crippen LogP contribution in [0.5, 0.6) is 5.75 Å². The summed E-state index contributed by atoms with van der Waals surface area (Å²) in [6.07, 6.45) is 0. The van der Waals surface area contributed by atoms with Crippen LogP contribution in [0.1, 0.15) is 16.1 Å². The van der Waals surface area contributed by atoms with Gasteiger partial charge in [0, 0.05) is 0 Å². The van der Waals surface area contributed by atoms with E-state index in [4.69, 9.17) is 23.2 Å². The summed E-state index contributed by atoms with van der Waals surface area (Å²) in [6, 6.07) is 3.09. The lowest BCUT2D eigenvalue weighted by atomic mass is 10.1. The highest BCUT2D eigenvalue weighted by atomic mass is 79.9. The highest BCUT2D eigenvalue weighted by Gasteiger charge is 2.22. The van der Waals surface area contributed by atoms with Gasteiger partial charge in [0.05, 0.1) is 15.1 Å². The van der Waals surface area contributed by atoms with Crippen LogP contribution in [-0.2, 0) is 0 Å². The fourth-order valence-electron chi connectivity index (χ4n) is 1.41. The van der Waals surface area contributed by atoms with E-state index in [0.717, 1.165) is 18.2 Å². The summed E-state index contributed by atoms with van der Waals surface area (Å²) in [5.74, 6) is -1.57. The molecule has 3 nitrogen and oxygen atoms in total. The fourth-order valence-corrected chi connectivity index (χ4v) is 2.33. The number of nitrogens with one attached hydrogen (secondary N) is 1. The molecule has 0 radical (unpaired) electrons. The van der Waals surface area contributed by atoms with Gasteiger partial charge in [-0.2, -0.15) is 0 Å². The normalized spacial score (nSPS) is 10.7. The Morgan fingerprint density at radius 1 is 1.39 bits per heavy atom. The number of aromatic nitrogens is 1. The van der Waals surface area contributed by atoms with E-state index in [-0.39, 0.29) is 31.7 Å². The number of aromatic amines is 1. The molecule has 94 valence electrons. The highest BCUT2D eigenvalue weighted by molar-refractivity contribution is 9.10. The molecule has 0 atom stereocenters. The van der Waals surface area contributed by atoms with Crippen molar-refractivity contribution in [1.82, 2.24) is 4.98 Å². The molecule has 2 rings (SSSR count). The molecule has 0 amide bonds. The summed E-state index contributed by atoms with van der Waals surface area (Å²) in [5.41, 5.74) is -0.129. The molecule has 1 aromatic carbocycles. The monoisotopic (exact) mass is 351 g/mol. The number of halogens is 4. The van der Waals surface area contributed by atoms with E-state index in [1.54, 1.807) is 0 Å². The Bertz CT molecular complexity index is 642. The third kappa shape index (κ3) is 2.25. The molecule has 2 aromatic rings. The number of benzene rings is 1. The number of phenolic OH excluding ortho intramolecular Hbond substituents is 1. The summed E-state index contributed by atoms with van der Waals surface area (Å²) >= 11 is 14.6. The Morgan fingerprint density at radius 3 is 2.61 bits per heavy atom. The van der Waals surface area contributed by atoms with E-state index in [1.165, 1.54) is 0 Å². The minimum atomic E-state index is -0.629. The number of hydrogen-bond acceptors (Lipinski definition) is 2. The molecule has 0 aliphatic rings. The van der Waals surface area contributed by atoms with Crippen LogP contribution in [-0.4, -0.2) is 15.9 Å². The topological polar surface area (TPSA) is 53.1 Å². The predicted octanol–water partition coefficient (Wildman–Crippen LogP) is 4.16. The molecule has 2 N–H and O–H groups in total. The van der Waals surface area contributed by atoms with E-state index in [9.17, 15) is 14.3 Å². The van der Waals surface area contributed by atoms with Crippen LogP contribution in [0.2, 0.25) is 10.2 Å². The van der Waals surface area contributed by atoms with Gasteiger partial charge in [-0.15, -0.1) is 0 Å². The standard InChI is InChI=1S/C11H5BrCl2FNO2/c12-7-8(13)11(14)16-9(7)10(18)5-3-4(15)1-2-6(5)17/h1-3,16-17H. The largest absolute Gasteiger partial charge is 0.507 e. The van der Waals surface area contributed by atoms with Crippen molar-refractivity contribution in [3.05, 3.63) is 49.9 Å². The second-order valence-corrected chi connectivity index (χ2v) is 4.98. The molecule has 0 spiro atoms. The van der Waals surface area contributed by atoms with Gasteiger partial charge in [-0.05, 0) is 34.1 Å². The first-order valence-corrected chi connectivity index (χ1v) is 6.22. The molecule has 1 heterocycles. The molecule has 18 heavy (non-hydrogen) atoms. The van der Waals surface area contributed by atoms with Gasteiger partial charge >= 0.3 is 0 Å². The number of hydrogen-bond donors (Lipinski definition) is 2. The lowest BCUT2D eigenvalue weighted by molar-refractivity contribution is 0.103. The summed E-state index contributed by atoms with van der Waals surface area (Å²) < 4.78 is 13.3. The van der Waals surface area contributed by atoms with Gasteiger partial charge in [-0.1, -0.05) is 23.2 Å². The van der Waals surface area contributed by atoms with Gasteiger partial charge in [0.25, 0.3) is 0 Å². The number of H-pyrrole nitrogens is 1. The Hall–Kier alpha value is -1.04. The van der Waals surface area contributed by atoms with Crippen LogP contribution in [0.3, 0.4) is 0 Å². The van der Waals surface area contributed by atoms with E-state index >= 15 is 0 Å². The number of carbonyl (C=O) groups is 1. The summed E-state index contributed by atoms with van der Waals surface area (Å²) in [5, 5.41) is 9.79. The molecule has 0 aliphatic carbocycles. The minimum Gasteiger partial charge on any atom is -0.507 e. The van der Waals surface area contributed by atoms with Crippen molar-refractivity contribution in [2.45, 2.75) is 0 Å². The van der Waals surface area contributed by atoms with E-state index < -0.39 is 11.6 Å². The minimum absolute atomic E-state index is 0.0471. The number of carbonyl (C=O) groups excluding carboxylic acids is 1. The third-order valence-electron chi connectivity index (χ3n) is 2.27. The highest BCUT2D eigenvalue weighted by Crippen LogP contribution is 2.35. The maximum atomic E-state index is 13.1. The Labute approximate surface area is 120 Å². The van der Waals surface area contributed by atoms with Crippen LogP contribution in [0.15, 0.2) is 22.7 Å². The molecule has 0 bridgehead atoms. The van der Waals surface area contributed by atoms with Gasteiger partial charge in [0.1, 0.15) is 22.4 Å². The molecule has 0 saturated heterocycles. The van der Waals surface area contributed by atoms with Gasteiger partial charge < -0.3 is 10.1 Å². The molecule has 0 unspecified atom stereocenters. The predicted molar refractivity (Wildman–Crippen MR) is 70.0 cm³/mol. The van der Waals surface area contributed by atoms with Crippen molar-refractivity contribution < 1.29 is 14.3 Å². The number of phenols is 1. The van der Waals surface area contributed by atoms with Crippen LogP contribution < -0.4 is 0 Å². The zero-order chi connectivity index (χ0) is 13.4. The van der Waals surface area contributed by atoms with Crippen molar-refractivity contribution in [2.75, 3.05) is 0 Å². The average molecular weight is 353 g/mol. The third-order valence-corrected chi connectivity index (χ3v) is 4.05. The maximum Gasteiger partial charge on any atom is 0.214 e. The first-order chi connectivity index (χ1) is 8.41. The van der Waals surface area contributed by atoms with Crippen molar-refractivity contribution >= 4 is 44.9 Å². The van der Waals surface area contributed by atoms with E-state index in [2.05, 4.69) is 20.9 Å². The van der Waals surface area contributed by atoms with Crippen molar-refractivity contribution in [2.24, 2.45) is 0 Å². The van der Waals surface area contributed by atoms with Gasteiger partial charge in [-0.3, -0.25) is 4.79 Å². The quantitative estimate of drug-likeness (QED) is 0.797. The van der Waals surface area contributed by atoms with Crippen molar-refractivity contribution in [3.8, 4) is 5.75 Å². The van der Waals surface area contributed by atoms with E-state index in [0.29, 0.717) is 0 Å².